The number of rotatable bonds is 4. The lowest BCUT2D eigenvalue weighted by molar-refractivity contribution is -0.0328. The Bertz CT molecular complexity index is 354. The number of thioether (sulfide) groups is 1. The van der Waals surface area contributed by atoms with Crippen LogP contribution in [0.5, 0.6) is 0 Å². The number of alkyl halides is 4. The maximum absolute atomic E-state index is 12.3. The van der Waals surface area contributed by atoms with Crippen molar-refractivity contribution in [1.29, 1.82) is 0 Å². The van der Waals surface area contributed by atoms with Gasteiger partial charge in [-0.1, -0.05) is 6.07 Å². The summed E-state index contributed by atoms with van der Waals surface area (Å²) >= 11 is 7.56. The maximum atomic E-state index is 12.3. The summed E-state index contributed by atoms with van der Waals surface area (Å²) in [5, 5.41) is 0. The summed E-state index contributed by atoms with van der Waals surface area (Å²) < 4.78 is 37.8. The average molecular weight is 381 g/mol. The second-order valence-corrected chi connectivity index (χ2v) is 5.70. The Labute approximate surface area is 115 Å². The molecule has 90 valence electrons. The quantitative estimate of drug-likeness (QED) is 0.399. The molecule has 0 aliphatic heterocycles. The van der Waals surface area contributed by atoms with Gasteiger partial charge in [-0.15, -0.1) is 11.6 Å². The number of hydrogen-bond acceptors (Lipinski definition) is 1. The van der Waals surface area contributed by atoms with Crippen LogP contribution < -0.4 is 0 Å². The third kappa shape index (κ3) is 4.71. The molecule has 0 aromatic heterocycles. The van der Waals surface area contributed by atoms with Gasteiger partial charge in [0.15, 0.2) is 0 Å². The zero-order chi connectivity index (χ0) is 12.2. The molecule has 0 fully saturated rings. The van der Waals surface area contributed by atoms with Crippen molar-refractivity contribution in [3.8, 4) is 0 Å². The van der Waals surface area contributed by atoms with Crippen molar-refractivity contribution in [2.24, 2.45) is 0 Å². The van der Waals surface area contributed by atoms with E-state index in [2.05, 4.69) is 22.6 Å². The van der Waals surface area contributed by atoms with Gasteiger partial charge in [-0.3, -0.25) is 0 Å². The van der Waals surface area contributed by atoms with E-state index in [9.17, 15) is 13.2 Å². The molecular weight excluding hydrogens is 372 g/mol. The minimum absolute atomic E-state index is 0.0559. The number of halogens is 5. The molecule has 16 heavy (non-hydrogen) atoms. The summed E-state index contributed by atoms with van der Waals surface area (Å²) in [6.07, 6.45) is 1.27. The lowest BCUT2D eigenvalue weighted by Crippen LogP contribution is -2.02. The highest BCUT2D eigenvalue weighted by molar-refractivity contribution is 14.1. The van der Waals surface area contributed by atoms with Crippen LogP contribution in [0.15, 0.2) is 23.1 Å². The van der Waals surface area contributed by atoms with Gasteiger partial charge in [-0.2, -0.15) is 13.2 Å². The van der Waals surface area contributed by atoms with Gasteiger partial charge in [0.2, 0.25) is 0 Å². The molecule has 0 atom stereocenters. The van der Waals surface area contributed by atoms with Gasteiger partial charge in [0.25, 0.3) is 0 Å². The molecule has 0 nitrogen and oxygen atoms in total. The van der Waals surface area contributed by atoms with Crippen molar-refractivity contribution in [1.82, 2.24) is 0 Å². The van der Waals surface area contributed by atoms with E-state index in [4.69, 9.17) is 11.6 Å². The van der Waals surface area contributed by atoms with Gasteiger partial charge in [0.1, 0.15) is 0 Å². The smallest absolute Gasteiger partial charge is 0.160 e. The molecule has 0 amide bonds. The predicted molar refractivity (Wildman–Crippen MR) is 70.1 cm³/mol. The van der Waals surface area contributed by atoms with Crippen molar-refractivity contribution in [2.45, 2.75) is 23.2 Å². The van der Waals surface area contributed by atoms with E-state index in [1.54, 1.807) is 6.07 Å². The minimum atomic E-state index is -4.24. The van der Waals surface area contributed by atoms with Crippen LogP contribution in [0.25, 0.3) is 0 Å². The largest absolute Gasteiger partial charge is 0.446 e. The molecule has 0 bridgehead atoms. The van der Waals surface area contributed by atoms with Gasteiger partial charge in [0, 0.05) is 14.3 Å². The van der Waals surface area contributed by atoms with Gasteiger partial charge < -0.3 is 0 Å². The first-order chi connectivity index (χ1) is 7.44. The zero-order valence-corrected chi connectivity index (χ0v) is 11.9. The molecule has 0 aliphatic carbocycles. The minimum Gasteiger partial charge on any atom is -0.160 e. The molecule has 0 radical (unpaired) electrons. The molecular formula is C10H9ClF3IS. The van der Waals surface area contributed by atoms with Gasteiger partial charge in [-0.05, 0) is 64.9 Å². The number of benzene rings is 1. The Morgan fingerprint density at radius 3 is 2.56 bits per heavy atom. The Morgan fingerprint density at radius 2 is 2.00 bits per heavy atom. The Hall–Kier alpha value is 0.380. The third-order valence-electron chi connectivity index (χ3n) is 1.86. The Balaban J connectivity index is 2.93. The fourth-order valence-corrected chi connectivity index (χ4v) is 3.06. The van der Waals surface area contributed by atoms with Crippen molar-refractivity contribution >= 4 is 46.0 Å². The molecule has 6 heteroatoms. The van der Waals surface area contributed by atoms with Crippen LogP contribution in [0.3, 0.4) is 0 Å². The van der Waals surface area contributed by atoms with Crippen LogP contribution in [-0.4, -0.2) is 11.4 Å². The molecule has 0 spiro atoms. The predicted octanol–water partition coefficient (Wildman–Crippen LogP) is 5.07. The van der Waals surface area contributed by atoms with Crippen molar-refractivity contribution in [3.05, 3.63) is 27.3 Å². The second kappa shape index (κ2) is 6.35. The fourth-order valence-electron chi connectivity index (χ4n) is 1.25. The second-order valence-electron chi connectivity index (χ2n) is 3.06. The topological polar surface area (TPSA) is 0 Å². The van der Waals surface area contributed by atoms with E-state index in [1.165, 1.54) is 6.07 Å². The summed E-state index contributed by atoms with van der Waals surface area (Å²) in [6, 6.07) is 4.95. The first kappa shape index (κ1) is 14.4. The van der Waals surface area contributed by atoms with Crippen molar-refractivity contribution < 1.29 is 13.2 Å². The molecule has 0 aliphatic rings. The van der Waals surface area contributed by atoms with Crippen LogP contribution in [-0.2, 0) is 6.42 Å². The Kier molecular flexibility index (Phi) is 5.73. The van der Waals surface area contributed by atoms with Crippen LogP contribution in [0.1, 0.15) is 12.0 Å². The fraction of sp³-hybridized carbons (Fsp3) is 0.400. The van der Waals surface area contributed by atoms with E-state index in [-0.39, 0.29) is 16.7 Å². The van der Waals surface area contributed by atoms with E-state index in [0.717, 1.165) is 9.13 Å². The molecule has 1 rings (SSSR count). The lowest BCUT2D eigenvalue weighted by atomic mass is 10.1. The SMILES string of the molecule is FC(F)(F)Sc1cccc(I)c1CCCCl. The number of hydrogen-bond donors (Lipinski definition) is 0. The Morgan fingerprint density at radius 1 is 1.31 bits per heavy atom. The molecule has 0 saturated carbocycles. The third-order valence-corrected chi connectivity index (χ3v) is 3.97. The summed E-state index contributed by atoms with van der Waals surface area (Å²) in [5.41, 5.74) is -3.49. The molecule has 0 saturated heterocycles. The van der Waals surface area contributed by atoms with E-state index in [1.807, 2.05) is 6.07 Å². The maximum Gasteiger partial charge on any atom is 0.446 e. The summed E-state index contributed by atoms with van der Waals surface area (Å²) in [6.45, 7) is 0. The summed E-state index contributed by atoms with van der Waals surface area (Å²) in [7, 11) is 0. The van der Waals surface area contributed by atoms with Crippen molar-refractivity contribution in [2.75, 3.05) is 5.88 Å². The lowest BCUT2D eigenvalue weighted by Gasteiger charge is -2.12. The van der Waals surface area contributed by atoms with Crippen LogP contribution >= 0.6 is 46.0 Å². The van der Waals surface area contributed by atoms with E-state index in [0.29, 0.717) is 18.7 Å². The van der Waals surface area contributed by atoms with Crippen LogP contribution in [0.2, 0.25) is 0 Å². The normalized spacial score (nSPS) is 11.8. The summed E-state index contributed by atoms with van der Waals surface area (Å²) in [4.78, 5) is 0.282. The highest BCUT2D eigenvalue weighted by Gasteiger charge is 2.30. The zero-order valence-electron chi connectivity index (χ0n) is 8.15. The molecule has 0 heterocycles. The molecule has 0 unspecified atom stereocenters. The monoisotopic (exact) mass is 380 g/mol. The van der Waals surface area contributed by atoms with E-state index >= 15 is 0 Å². The highest BCUT2D eigenvalue weighted by Crippen LogP contribution is 2.39. The van der Waals surface area contributed by atoms with E-state index < -0.39 is 5.51 Å². The van der Waals surface area contributed by atoms with Gasteiger partial charge in [-0.25, -0.2) is 0 Å². The molecule has 1 aromatic rings. The molecule has 0 N–H and O–H groups in total. The summed E-state index contributed by atoms with van der Waals surface area (Å²) in [5.74, 6) is 0.459. The average Bonchev–Trinajstić information content (AvgIpc) is 2.14. The highest BCUT2D eigenvalue weighted by atomic mass is 127. The van der Waals surface area contributed by atoms with Gasteiger partial charge >= 0.3 is 5.51 Å². The first-order valence-electron chi connectivity index (χ1n) is 4.53. The molecule has 1 aromatic carbocycles. The first-order valence-corrected chi connectivity index (χ1v) is 6.96. The van der Waals surface area contributed by atoms with Crippen molar-refractivity contribution in [3.63, 3.8) is 0 Å². The van der Waals surface area contributed by atoms with Crippen LogP contribution in [0, 0.1) is 3.57 Å². The standard InChI is InChI=1S/C10H9ClF3IS/c11-6-2-3-7-8(15)4-1-5-9(7)16-10(12,13)14/h1,4-5H,2-3,6H2. The van der Waals surface area contributed by atoms with Gasteiger partial charge in [0.05, 0.1) is 0 Å². The van der Waals surface area contributed by atoms with Crippen LogP contribution in [0.4, 0.5) is 13.2 Å².